The molecule has 0 aromatic heterocycles. The summed E-state index contributed by atoms with van der Waals surface area (Å²) in [5.74, 6) is -0.0168. The van der Waals surface area contributed by atoms with Gasteiger partial charge in [-0.2, -0.15) is 0 Å². The largest absolute Gasteiger partial charge is 0.504 e. The molecular weight excluding hydrogens is 274 g/mol. The van der Waals surface area contributed by atoms with Crippen LogP contribution in [0.4, 0.5) is 5.69 Å². The lowest BCUT2D eigenvalue weighted by molar-refractivity contribution is 0.102. The van der Waals surface area contributed by atoms with Crippen LogP contribution in [0.3, 0.4) is 0 Å². The molecule has 0 aliphatic rings. The lowest BCUT2D eigenvalue weighted by Gasteiger charge is -2.09. The van der Waals surface area contributed by atoms with E-state index in [0.29, 0.717) is 11.4 Å². The summed E-state index contributed by atoms with van der Waals surface area (Å²) in [6.45, 7) is 0. The minimum atomic E-state index is -0.419. The fraction of sp³-hybridized carbons (Fsp3) is 0.133. The number of anilines is 1. The maximum Gasteiger partial charge on any atom is 0.255 e. The van der Waals surface area contributed by atoms with Gasteiger partial charge in [-0.25, -0.2) is 0 Å². The Labute approximate surface area is 121 Å². The number of hydrogen-bond acceptors (Lipinski definition) is 5. The number of methoxy groups -OCH3 is 2. The Morgan fingerprint density at radius 3 is 2.05 bits per heavy atom. The van der Waals surface area contributed by atoms with Crippen molar-refractivity contribution in [3.05, 3.63) is 42.0 Å². The first-order chi connectivity index (χ1) is 10.0. The van der Waals surface area contributed by atoms with Crippen molar-refractivity contribution in [1.82, 2.24) is 0 Å². The number of carbonyl (C=O) groups excluding carboxylic acids is 1. The Hall–Kier alpha value is -2.89. The molecule has 0 fully saturated rings. The monoisotopic (exact) mass is 289 g/mol. The molecule has 3 N–H and O–H groups in total. The quantitative estimate of drug-likeness (QED) is 0.804. The standard InChI is InChI=1S/C15H15NO5/c1-20-13-5-3-9(7-11(13)17)15(19)16-10-4-6-14(21-2)12(18)8-10/h3-8,17-18H,1-2H3,(H,16,19). The van der Waals surface area contributed by atoms with Crippen molar-refractivity contribution in [1.29, 1.82) is 0 Å². The van der Waals surface area contributed by atoms with Gasteiger partial charge in [-0.15, -0.1) is 0 Å². The van der Waals surface area contributed by atoms with Gasteiger partial charge in [0, 0.05) is 17.3 Å². The molecule has 0 aliphatic heterocycles. The molecule has 0 aliphatic carbocycles. The van der Waals surface area contributed by atoms with Gasteiger partial charge in [0.2, 0.25) is 0 Å². The molecule has 1 amide bonds. The molecule has 0 unspecified atom stereocenters. The average Bonchev–Trinajstić information content (AvgIpc) is 2.47. The Kier molecular flexibility index (Phi) is 4.18. The number of amides is 1. The Morgan fingerprint density at radius 1 is 0.952 bits per heavy atom. The third kappa shape index (κ3) is 3.17. The van der Waals surface area contributed by atoms with E-state index in [-0.39, 0.29) is 22.8 Å². The van der Waals surface area contributed by atoms with E-state index >= 15 is 0 Å². The smallest absolute Gasteiger partial charge is 0.255 e. The number of phenols is 2. The van der Waals surface area contributed by atoms with Crippen molar-refractivity contribution >= 4 is 11.6 Å². The number of aromatic hydroxyl groups is 2. The van der Waals surface area contributed by atoms with Crippen molar-refractivity contribution in [3.8, 4) is 23.0 Å². The van der Waals surface area contributed by atoms with Crippen LogP contribution in [0.15, 0.2) is 36.4 Å². The van der Waals surface area contributed by atoms with Crippen molar-refractivity contribution in [2.75, 3.05) is 19.5 Å². The Balaban J connectivity index is 2.18. The van der Waals surface area contributed by atoms with Gasteiger partial charge in [-0.05, 0) is 30.3 Å². The predicted octanol–water partition coefficient (Wildman–Crippen LogP) is 2.37. The van der Waals surface area contributed by atoms with Gasteiger partial charge >= 0.3 is 0 Å². The fourth-order valence-electron chi connectivity index (χ4n) is 1.80. The zero-order valence-electron chi connectivity index (χ0n) is 11.6. The third-order valence-electron chi connectivity index (χ3n) is 2.88. The Bertz CT molecular complexity index is 669. The molecule has 0 spiro atoms. The zero-order chi connectivity index (χ0) is 15.4. The number of hydrogen-bond donors (Lipinski definition) is 3. The molecule has 0 radical (unpaired) electrons. The van der Waals surface area contributed by atoms with E-state index in [0.717, 1.165) is 0 Å². The summed E-state index contributed by atoms with van der Waals surface area (Å²) in [6.07, 6.45) is 0. The van der Waals surface area contributed by atoms with Gasteiger partial charge in [-0.3, -0.25) is 4.79 Å². The number of carbonyl (C=O) groups is 1. The molecule has 2 aromatic carbocycles. The predicted molar refractivity (Wildman–Crippen MR) is 77.3 cm³/mol. The fourth-order valence-corrected chi connectivity index (χ4v) is 1.80. The summed E-state index contributed by atoms with van der Waals surface area (Å²) in [5, 5.41) is 21.9. The van der Waals surface area contributed by atoms with Gasteiger partial charge in [0.15, 0.2) is 23.0 Å². The molecule has 0 saturated carbocycles. The normalized spacial score (nSPS) is 10.0. The molecule has 0 heterocycles. The molecule has 0 saturated heterocycles. The van der Waals surface area contributed by atoms with Crippen molar-refractivity contribution in [2.45, 2.75) is 0 Å². The first-order valence-electron chi connectivity index (χ1n) is 6.10. The SMILES string of the molecule is COc1ccc(NC(=O)c2ccc(OC)c(O)c2)cc1O. The molecule has 21 heavy (non-hydrogen) atoms. The van der Waals surface area contributed by atoms with E-state index in [1.54, 1.807) is 6.07 Å². The second-order valence-electron chi connectivity index (χ2n) is 4.23. The van der Waals surface area contributed by atoms with Gasteiger partial charge < -0.3 is 25.0 Å². The first-order valence-corrected chi connectivity index (χ1v) is 6.10. The van der Waals surface area contributed by atoms with E-state index in [1.807, 2.05) is 0 Å². The van der Waals surface area contributed by atoms with Gasteiger partial charge in [0.25, 0.3) is 5.91 Å². The molecule has 2 rings (SSSR count). The summed E-state index contributed by atoms with van der Waals surface area (Å²) in [6, 6.07) is 8.83. The van der Waals surface area contributed by atoms with E-state index in [4.69, 9.17) is 9.47 Å². The van der Waals surface area contributed by atoms with Crippen LogP contribution in [0, 0.1) is 0 Å². The minimum Gasteiger partial charge on any atom is -0.504 e. The molecule has 2 aromatic rings. The number of phenolic OH excluding ortho intramolecular Hbond substituents is 2. The second kappa shape index (κ2) is 6.04. The summed E-state index contributed by atoms with van der Waals surface area (Å²) < 4.78 is 9.83. The van der Waals surface area contributed by atoms with Crippen molar-refractivity contribution in [3.63, 3.8) is 0 Å². The van der Waals surface area contributed by atoms with E-state index in [9.17, 15) is 15.0 Å². The second-order valence-corrected chi connectivity index (χ2v) is 4.23. The Morgan fingerprint density at radius 2 is 1.52 bits per heavy atom. The topological polar surface area (TPSA) is 88.0 Å². The van der Waals surface area contributed by atoms with Crippen LogP contribution in [-0.2, 0) is 0 Å². The highest BCUT2D eigenvalue weighted by molar-refractivity contribution is 6.04. The number of ether oxygens (including phenoxy) is 2. The molecule has 0 bridgehead atoms. The van der Waals surface area contributed by atoms with Gasteiger partial charge in [0.1, 0.15) is 0 Å². The molecule has 6 nitrogen and oxygen atoms in total. The molecular formula is C15H15NO5. The zero-order valence-corrected chi connectivity index (χ0v) is 11.6. The highest BCUT2D eigenvalue weighted by Gasteiger charge is 2.11. The lowest BCUT2D eigenvalue weighted by Crippen LogP contribution is -2.11. The van der Waals surface area contributed by atoms with Crippen LogP contribution >= 0.6 is 0 Å². The van der Waals surface area contributed by atoms with Crippen LogP contribution in [0.2, 0.25) is 0 Å². The summed E-state index contributed by atoms with van der Waals surface area (Å²) >= 11 is 0. The van der Waals surface area contributed by atoms with Crippen LogP contribution in [0.1, 0.15) is 10.4 Å². The van der Waals surface area contributed by atoms with E-state index < -0.39 is 5.91 Å². The van der Waals surface area contributed by atoms with Crippen LogP contribution < -0.4 is 14.8 Å². The third-order valence-corrected chi connectivity index (χ3v) is 2.88. The number of rotatable bonds is 4. The molecule has 110 valence electrons. The molecule has 0 atom stereocenters. The van der Waals surface area contributed by atoms with E-state index in [2.05, 4.69) is 5.32 Å². The summed E-state index contributed by atoms with van der Waals surface area (Å²) in [7, 11) is 2.86. The van der Waals surface area contributed by atoms with Crippen molar-refractivity contribution < 1.29 is 24.5 Å². The van der Waals surface area contributed by atoms with Crippen LogP contribution in [0.25, 0.3) is 0 Å². The first kappa shape index (κ1) is 14.5. The minimum absolute atomic E-state index is 0.0760. The van der Waals surface area contributed by atoms with Gasteiger partial charge in [0.05, 0.1) is 14.2 Å². The average molecular weight is 289 g/mol. The van der Waals surface area contributed by atoms with E-state index in [1.165, 1.54) is 44.6 Å². The maximum atomic E-state index is 12.1. The summed E-state index contributed by atoms with van der Waals surface area (Å²) in [5.41, 5.74) is 0.678. The molecule has 6 heteroatoms. The number of nitrogens with one attached hydrogen (secondary N) is 1. The van der Waals surface area contributed by atoms with Crippen LogP contribution in [0.5, 0.6) is 23.0 Å². The highest BCUT2D eigenvalue weighted by Crippen LogP contribution is 2.29. The highest BCUT2D eigenvalue weighted by atomic mass is 16.5. The van der Waals surface area contributed by atoms with Crippen molar-refractivity contribution in [2.24, 2.45) is 0 Å². The van der Waals surface area contributed by atoms with Gasteiger partial charge in [-0.1, -0.05) is 0 Å². The number of benzene rings is 2. The maximum absolute atomic E-state index is 12.1. The lowest BCUT2D eigenvalue weighted by atomic mass is 10.2. The summed E-state index contributed by atoms with van der Waals surface area (Å²) in [4.78, 5) is 12.1. The van der Waals surface area contributed by atoms with Crippen LogP contribution in [-0.4, -0.2) is 30.3 Å².